The third kappa shape index (κ3) is 5.02. The summed E-state index contributed by atoms with van der Waals surface area (Å²) < 4.78 is 40.0. The van der Waals surface area contributed by atoms with Gasteiger partial charge < -0.3 is 15.8 Å². The molecule has 3 nitrogen and oxygen atoms in total. The Labute approximate surface area is 116 Å². The van der Waals surface area contributed by atoms with Crippen LogP contribution in [0.1, 0.15) is 30.9 Å². The van der Waals surface area contributed by atoms with E-state index in [2.05, 4.69) is 10.1 Å². The number of halogens is 3. The molecule has 0 spiro atoms. The predicted octanol–water partition coefficient (Wildman–Crippen LogP) is 2.97. The fourth-order valence-electron chi connectivity index (χ4n) is 2.11. The molecule has 1 aliphatic carbocycles. The van der Waals surface area contributed by atoms with Gasteiger partial charge in [-0.2, -0.15) is 0 Å². The van der Waals surface area contributed by atoms with Crippen LogP contribution in [0.5, 0.6) is 5.75 Å². The van der Waals surface area contributed by atoms with E-state index >= 15 is 0 Å². The Balaban J connectivity index is 1.88. The normalized spacial score (nSPS) is 17.0. The first kappa shape index (κ1) is 15.1. The summed E-state index contributed by atoms with van der Waals surface area (Å²) >= 11 is 0. The van der Waals surface area contributed by atoms with Gasteiger partial charge in [0.15, 0.2) is 0 Å². The summed E-state index contributed by atoms with van der Waals surface area (Å²) in [7, 11) is 0. The van der Waals surface area contributed by atoms with Crippen LogP contribution in [0.3, 0.4) is 0 Å². The maximum absolute atomic E-state index is 12.1. The van der Waals surface area contributed by atoms with Crippen LogP contribution in [-0.2, 0) is 0 Å². The summed E-state index contributed by atoms with van der Waals surface area (Å²) in [6.45, 7) is 1.29. The van der Waals surface area contributed by atoms with E-state index in [0.717, 1.165) is 24.4 Å². The summed E-state index contributed by atoms with van der Waals surface area (Å²) in [5, 5.41) is 3.34. The standard InChI is InChI=1S/C14H19F3N2O/c15-14(16,17)20-12-5-3-11(4-6-12)13(9-18)19-8-7-10-1-2-10/h3-6,10,13,19H,1-2,7-9,18H2. The van der Waals surface area contributed by atoms with Crippen molar-refractivity contribution in [2.45, 2.75) is 31.7 Å². The molecular formula is C14H19F3N2O. The van der Waals surface area contributed by atoms with Crippen molar-refractivity contribution in [3.8, 4) is 5.75 Å². The summed E-state index contributed by atoms with van der Waals surface area (Å²) in [4.78, 5) is 0. The minimum atomic E-state index is -4.66. The molecule has 1 aromatic rings. The number of nitrogens with two attached hydrogens (primary N) is 1. The van der Waals surface area contributed by atoms with Crippen molar-refractivity contribution >= 4 is 0 Å². The van der Waals surface area contributed by atoms with E-state index in [0.29, 0.717) is 6.54 Å². The molecule has 1 saturated carbocycles. The van der Waals surface area contributed by atoms with E-state index in [1.54, 1.807) is 12.1 Å². The molecule has 1 atom stereocenters. The Morgan fingerprint density at radius 1 is 1.25 bits per heavy atom. The largest absolute Gasteiger partial charge is 0.573 e. The lowest BCUT2D eigenvalue weighted by Gasteiger charge is -2.18. The summed E-state index contributed by atoms with van der Waals surface area (Å²) in [6, 6.07) is 5.82. The van der Waals surface area contributed by atoms with Crippen LogP contribution >= 0.6 is 0 Å². The van der Waals surface area contributed by atoms with Crippen LogP contribution < -0.4 is 15.8 Å². The fourth-order valence-corrected chi connectivity index (χ4v) is 2.11. The molecule has 1 fully saturated rings. The van der Waals surface area contributed by atoms with Crippen LogP contribution in [0.4, 0.5) is 13.2 Å². The van der Waals surface area contributed by atoms with Crippen molar-refractivity contribution < 1.29 is 17.9 Å². The minimum absolute atomic E-state index is 0.0336. The van der Waals surface area contributed by atoms with E-state index < -0.39 is 6.36 Å². The number of rotatable bonds is 7. The van der Waals surface area contributed by atoms with Crippen molar-refractivity contribution in [1.82, 2.24) is 5.32 Å². The molecule has 0 amide bonds. The summed E-state index contributed by atoms with van der Waals surface area (Å²) in [5.41, 5.74) is 6.58. The molecule has 1 unspecified atom stereocenters. The van der Waals surface area contributed by atoms with E-state index in [4.69, 9.17) is 5.73 Å². The zero-order valence-corrected chi connectivity index (χ0v) is 11.1. The third-order valence-electron chi connectivity index (χ3n) is 3.39. The lowest BCUT2D eigenvalue weighted by molar-refractivity contribution is -0.274. The second-order valence-electron chi connectivity index (χ2n) is 5.09. The zero-order chi connectivity index (χ0) is 14.6. The van der Waals surface area contributed by atoms with Gasteiger partial charge in [0.1, 0.15) is 5.75 Å². The van der Waals surface area contributed by atoms with Gasteiger partial charge in [-0.05, 0) is 36.6 Å². The maximum atomic E-state index is 12.1. The lowest BCUT2D eigenvalue weighted by atomic mass is 10.1. The number of nitrogens with one attached hydrogen (secondary N) is 1. The van der Waals surface area contributed by atoms with E-state index in [9.17, 15) is 13.2 Å². The molecule has 2 rings (SSSR count). The Morgan fingerprint density at radius 2 is 1.90 bits per heavy atom. The number of hydrogen-bond donors (Lipinski definition) is 2. The molecule has 0 heterocycles. The first-order chi connectivity index (χ1) is 9.48. The molecule has 0 aliphatic heterocycles. The molecule has 20 heavy (non-hydrogen) atoms. The highest BCUT2D eigenvalue weighted by atomic mass is 19.4. The quantitative estimate of drug-likeness (QED) is 0.811. The van der Waals surface area contributed by atoms with Gasteiger partial charge in [0.05, 0.1) is 0 Å². The van der Waals surface area contributed by atoms with Gasteiger partial charge in [0.25, 0.3) is 0 Å². The monoisotopic (exact) mass is 288 g/mol. The van der Waals surface area contributed by atoms with Gasteiger partial charge in [0, 0.05) is 12.6 Å². The molecule has 3 N–H and O–H groups in total. The molecule has 1 aromatic carbocycles. The van der Waals surface area contributed by atoms with Crippen LogP contribution in [0.25, 0.3) is 0 Å². The lowest BCUT2D eigenvalue weighted by Crippen LogP contribution is -2.29. The van der Waals surface area contributed by atoms with Gasteiger partial charge >= 0.3 is 6.36 Å². The van der Waals surface area contributed by atoms with Crippen LogP contribution in [-0.4, -0.2) is 19.5 Å². The van der Waals surface area contributed by atoms with Gasteiger partial charge in [-0.1, -0.05) is 25.0 Å². The van der Waals surface area contributed by atoms with Gasteiger partial charge in [0.2, 0.25) is 0 Å². The van der Waals surface area contributed by atoms with E-state index in [1.165, 1.54) is 25.0 Å². The van der Waals surface area contributed by atoms with Gasteiger partial charge in [-0.25, -0.2) is 0 Å². The molecular weight excluding hydrogens is 269 g/mol. The van der Waals surface area contributed by atoms with E-state index in [1.807, 2.05) is 0 Å². The number of hydrogen-bond acceptors (Lipinski definition) is 3. The fraction of sp³-hybridized carbons (Fsp3) is 0.571. The van der Waals surface area contributed by atoms with Crippen LogP contribution in [0.2, 0.25) is 0 Å². The zero-order valence-electron chi connectivity index (χ0n) is 11.1. The Bertz CT molecular complexity index is 415. The smallest absolute Gasteiger partial charge is 0.406 e. The number of alkyl halides is 3. The van der Waals surface area contributed by atoms with Crippen molar-refractivity contribution in [2.24, 2.45) is 11.7 Å². The Hall–Kier alpha value is -1.27. The number of benzene rings is 1. The highest BCUT2D eigenvalue weighted by Gasteiger charge is 2.31. The first-order valence-electron chi connectivity index (χ1n) is 6.77. The SMILES string of the molecule is NCC(NCCC1CC1)c1ccc(OC(F)(F)F)cc1. The van der Waals surface area contributed by atoms with Crippen LogP contribution in [0.15, 0.2) is 24.3 Å². The van der Waals surface area contributed by atoms with Crippen molar-refractivity contribution in [3.63, 3.8) is 0 Å². The molecule has 0 aromatic heterocycles. The topological polar surface area (TPSA) is 47.3 Å². The minimum Gasteiger partial charge on any atom is -0.406 e. The van der Waals surface area contributed by atoms with Gasteiger partial charge in [-0.3, -0.25) is 0 Å². The van der Waals surface area contributed by atoms with E-state index in [-0.39, 0.29) is 11.8 Å². The summed E-state index contributed by atoms with van der Waals surface area (Å²) in [5.74, 6) is 0.624. The Morgan fingerprint density at radius 3 is 2.40 bits per heavy atom. The molecule has 0 saturated heterocycles. The Kier molecular flexibility index (Phi) is 4.88. The van der Waals surface area contributed by atoms with Gasteiger partial charge in [-0.15, -0.1) is 13.2 Å². The van der Waals surface area contributed by atoms with Crippen molar-refractivity contribution in [1.29, 1.82) is 0 Å². The third-order valence-corrected chi connectivity index (χ3v) is 3.39. The molecule has 6 heteroatoms. The second-order valence-corrected chi connectivity index (χ2v) is 5.09. The maximum Gasteiger partial charge on any atom is 0.573 e. The average Bonchev–Trinajstić information content (AvgIpc) is 3.18. The first-order valence-corrected chi connectivity index (χ1v) is 6.77. The van der Waals surface area contributed by atoms with Crippen LogP contribution in [0, 0.1) is 5.92 Å². The van der Waals surface area contributed by atoms with Crippen molar-refractivity contribution in [2.75, 3.05) is 13.1 Å². The second kappa shape index (κ2) is 6.45. The average molecular weight is 288 g/mol. The predicted molar refractivity (Wildman–Crippen MR) is 70.3 cm³/mol. The summed E-state index contributed by atoms with van der Waals surface area (Å²) in [6.07, 6.45) is -0.917. The highest BCUT2D eigenvalue weighted by Crippen LogP contribution is 2.32. The number of ether oxygens (including phenoxy) is 1. The molecule has 1 aliphatic rings. The van der Waals surface area contributed by atoms with Crippen molar-refractivity contribution in [3.05, 3.63) is 29.8 Å². The molecule has 0 radical (unpaired) electrons. The molecule has 0 bridgehead atoms. The highest BCUT2D eigenvalue weighted by molar-refractivity contribution is 5.29. The molecule has 112 valence electrons.